The van der Waals surface area contributed by atoms with Crippen LogP contribution >= 0.6 is 11.6 Å². The van der Waals surface area contributed by atoms with Crippen LogP contribution in [0.4, 0.5) is 0 Å². The Morgan fingerprint density at radius 2 is 2.12 bits per heavy atom. The molecule has 0 bridgehead atoms. The van der Waals surface area contributed by atoms with Crippen molar-refractivity contribution in [2.75, 3.05) is 5.88 Å². The number of carbonyl (C=O) groups is 2. The molecule has 0 amide bonds. The van der Waals surface area contributed by atoms with Gasteiger partial charge >= 0.3 is 5.97 Å². The highest BCUT2D eigenvalue weighted by Gasteiger charge is 2.08. The molecule has 1 rings (SSSR count). The maximum atomic E-state index is 11.7. The number of carboxylic acids is 1. The van der Waals surface area contributed by atoms with Gasteiger partial charge in [-0.1, -0.05) is 12.1 Å². The third kappa shape index (κ3) is 4.04. The van der Waals surface area contributed by atoms with Gasteiger partial charge < -0.3 is 5.11 Å². The fourth-order valence-electron chi connectivity index (χ4n) is 1.43. The predicted octanol–water partition coefficient (Wildman–Crippen LogP) is 2.90. The Hall–Kier alpha value is -1.61. The van der Waals surface area contributed by atoms with E-state index in [2.05, 4.69) is 0 Å². The van der Waals surface area contributed by atoms with Gasteiger partial charge in [-0.3, -0.25) is 4.79 Å². The Morgan fingerprint density at radius 1 is 1.41 bits per heavy atom. The van der Waals surface area contributed by atoms with Crippen molar-refractivity contribution in [1.82, 2.24) is 0 Å². The summed E-state index contributed by atoms with van der Waals surface area (Å²) >= 11 is 5.53. The number of hydrogen-bond donors (Lipinski definition) is 1. The molecule has 1 aromatic rings. The highest BCUT2D eigenvalue weighted by molar-refractivity contribution is 6.19. The van der Waals surface area contributed by atoms with E-state index in [-0.39, 0.29) is 18.1 Å². The molecule has 0 atom stereocenters. The zero-order valence-corrected chi connectivity index (χ0v) is 10.2. The first-order valence-corrected chi connectivity index (χ1v) is 5.69. The van der Waals surface area contributed by atoms with Crippen LogP contribution in [0.5, 0.6) is 0 Å². The largest absolute Gasteiger partial charge is 0.478 e. The van der Waals surface area contributed by atoms with Gasteiger partial charge in [-0.2, -0.15) is 0 Å². The predicted molar refractivity (Wildman–Crippen MR) is 67.5 cm³/mol. The molecule has 0 aliphatic rings. The van der Waals surface area contributed by atoms with E-state index in [9.17, 15) is 9.59 Å². The Balaban J connectivity index is 3.02. The van der Waals surface area contributed by atoms with Crippen LogP contribution in [-0.4, -0.2) is 22.7 Å². The van der Waals surface area contributed by atoms with Crippen molar-refractivity contribution in [2.45, 2.75) is 13.3 Å². The molecule has 0 radical (unpaired) electrons. The molecular weight excluding hydrogens is 240 g/mol. The number of aryl methyl sites for hydroxylation is 1. The van der Waals surface area contributed by atoms with Crippen LogP contribution in [0.1, 0.15) is 27.9 Å². The minimum Gasteiger partial charge on any atom is -0.478 e. The van der Waals surface area contributed by atoms with Crippen LogP contribution in [0.3, 0.4) is 0 Å². The molecule has 0 saturated carbocycles. The van der Waals surface area contributed by atoms with Crippen LogP contribution in [-0.2, 0) is 4.79 Å². The van der Waals surface area contributed by atoms with E-state index in [1.807, 2.05) is 6.92 Å². The van der Waals surface area contributed by atoms with Crippen LogP contribution in [0.25, 0.3) is 6.08 Å². The zero-order valence-electron chi connectivity index (χ0n) is 9.44. The minimum absolute atomic E-state index is 0.0249. The Morgan fingerprint density at radius 3 is 2.71 bits per heavy atom. The molecule has 0 unspecified atom stereocenters. The van der Waals surface area contributed by atoms with Gasteiger partial charge in [0.05, 0.1) is 0 Å². The van der Waals surface area contributed by atoms with Gasteiger partial charge in [-0.05, 0) is 30.2 Å². The average Bonchev–Trinajstić information content (AvgIpc) is 2.28. The van der Waals surface area contributed by atoms with Gasteiger partial charge in [0.25, 0.3) is 0 Å². The highest BCUT2D eigenvalue weighted by Crippen LogP contribution is 2.15. The topological polar surface area (TPSA) is 54.4 Å². The maximum absolute atomic E-state index is 11.7. The Bertz CT molecular complexity index is 464. The van der Waals surface area contributed by atoms with Crippen molar-refractivity contribution >= 4 is 29.4 Å². The van der Waals surface area contributed by atoms with Crippen LogP contribution in [0, 0.1) is 6.92 Å². The number of Topliss-reactive ketones (excluding diaryl/α,β-unsaturated/α-hetero) is 1. The van der Waals surface area contributed by atoms with E-state index >= 15 is 0 Å². The molecule has 0 aliphatic heterocycles. The molecule has 90 valence electrons. The monoisotopic (exact) mass is 252 g/mol. The summed E-state index contributed by atoms with van der Waals surface area (Å²) in [6.07, 6.45) is 2.79. The van der Waals surface area contributed by atoms with Crippen molar-refractivity contribution in [3.8, 4) is 0 Å². The summed E-state index contributed by atoms with van der Waals surface area (Å²) in [7, 11) is 0. The number of alkyl halides is 1. The second kappa shape index (κ2) is 6.21. The lowest BCUT2D eigenvalue weighted by Crippen LogP contribution is -2.02. The van der Waals surface area contributed by atoms with E-state index in [1.165, 1.54) is 6.08 Å². The fourth-order valence-corrected chi connectivity index (χ4v) is 1.60. The summed E-state index contributed by atoms with van der Waals surface area (Å²) in [5.74, 6) is -0.754. The summed E-state index contributed by atoms with van der Waals surface area (Å²) < 4.78 is 0. The van der Waals surface area contributed by atoms with Crippen molar-refractivity contribution in [3.05, 3.63) is 41.0 Å². The fraction of sp³-hybridized carbons (Fsp3) is 0.231. The van der Waals surface area contributed by atoms with Gasteiger partial charge in [0.2, 0.25) is 0 Å². The quantitative estimate of drug-likeness (QED) is 0.498. The second-order valence-electron chi connectivity index (χ2n) is 3.61. The van der Waals surface area contributed by atoms with Crippen molar-refractivity contribution in [1.29, 1.82) is 0 Å². The number of aliphatic carboxylic acids is 1. The number of rotatable bonds is 5. The lowest BCUT2D eigenvalue weighted by Gasteiger charge is -2.05. The highest BCUT2D eigenvalue weighted by atomic mass is 35.5. The number of ketones is 1. The third-order valence-corrected chi connectivity index (χ3v) is 2.49. The summed E-state index contributed by atoms with van der Waals surface area (Å²) in [5.41, 5.74) is 2.15. The Kier molecular flexibility index (Phi) is 4.91. The molecule has 0 aromatic heterocycles. The first-order chi connectivity index (χ1) is 8.04. The lowest BCUT2D eigenvalue weighted by atomic mass is 10.00. The molecule has 17 heavy (non-hydrogen) atoms. The third-order valence-electron chi connectivity index (χ3n) is 2.30. The molecule has 3 nitrogen and oxygen atoms in total. The van der Waals surface area contributed by atoms with E-state index in [0.29, 0.717) is 11.1 Å². The van der Waals surface area contributed by atoms with Crippen LogP contribution in [0.2, 0.25) is 0 Å². The van der Waals surface area contributed by atoms with Crippen molar-refractivity contribution in [2.24, 2.45) is 0 Å². The summed E-state index contributed by atoms with van der Waals surface area (Å²) in [4.78, 5) is 22.1. The number of carbonyl (C=O) groups excluding carboxylic acids is 1. The molecule has 0 fully saturated rings. The average molecular weight is 253 g/mol. The van der Waals surface area contributed by atoms with Crippen LogP contribution < -0.4 is 0 Å². The minimum atomic E-state index is -1.01. The zero-order chi connectivity index (χ0) is 12.8. The van der Waals surface area contributed by atoms with Gasteiger partial charge in [-0.15, -0.1) is 11.6 Å². The van der Waals surface area contributed by atoms with Gasteiger partial charge in [0.15, 0.2) is 5.78 Å². The normalized spacial score (nSPS) is 10.7. The van der Waals surface area contributed by atoms with Crippen LogP contribution in [0.15, 0.2) is 24.3 Å². The molecule has 0 aliphatic carbocycles. The molecule has 0 saturated heterocycles. The number of hydrogen-bond acceptors (Lipinski definition) is 2. The maximum Gasteiger partial charge on any atom is 0.328 e. The molecule has 1 N–H and O–H groups in total. The smallest absolute Gasteiger partial charge is 0.328 e. The van der Waals surface area contributed by atoms with Crippen molar-refractivity contribution < 1.29 is 14.7 Å². The summed E-state index contributed by atoms with van der Waals surface area (Å²) in [6.45, 7) is 1.84. The lowest BCUT2D eigenvalue weighted by molar-refractivity contribution is -0.131. The summed E-state index contributed by atoms with van der Waals surface area (Å²) in [6, 6.07) is 5.25. The number of benzene rings is 1. The summed E-state index contributed by atoms with van der Waals surface area (Å²) in [5, 5.41) is 8.52. The van der Waals surface area contributed by atoms with Gasteiger partial charge in [0, 0.05) is 23.9 Å². The molecule has 4 heteroatoms. The second-order valence-corrected chi connectivity index (χ2v) is 3.99. The molecule has 1 aromatic carbocycles. The molecule has 0 spiro atoms. The molecular formula is C13H13ClO3. The van der Waals surface area contributed by atoms with E-state index in [1.54, 1.807) is 18.2 Å². The van der Waals surface area contributed by atoms with E-state index < -0.39 is 5.97 Å². The Labute approximate surface area is 105 Å². The first-order valence-electron chi connectivity index (χ1n) is 5.15. The number of carboxylic acid groups (broad SMARTS) is 1. The van der Waals surface area contributed by atoms with E-state index in [0.717, 1.165) is 11.6 Å². The standard InChI is InChI=1S/C13H13ClO3/c1-9-2-3-10(4-5-13(16)17)8-11(9)12(15)6-7-14/h2-5,8H,6-7H2,1H3,(H,16,17)/b5-4+. The molecule has 0 heterocycles. The van der Waals surface area contributed by atoms with Gasteiger partial charge in [0.1, 0.15) is 0 Å². The van der Waals surface area contributed by atoms with Crippen molar-refractivity contribution in [3.63, 3.8) is 0 Å². The van der Waals surface area contributed by atoms with Gasteiger partial charge in [-0.25, -0.2) is 4.79 Å². The number of halogens is 1. The first kappa shape index (κ1) is 13.5. The van der Waals surface area contributed by atoms with E-state index in [4.69, 9.17) is 16.7 Å². The SMILES string of the molecule is Cc1ccc(/C=C/C(=O)O)cc1C(=O)CCCl.